The number of thiocarbonyl (C=S) groups is 1. The average Bonchev–Trinajstić information content (AvgIpc) is 3.34. The molecule has 0 radical (unpaired) electrons. The number of pyridine rings is 2. The minimum absolute atomic E-state index is 0.0129. The average molecular weight is 463 g/mol. The highest BCUT2D eigenvalue weighted by Crippen LogP contribution is 2.41. The maximum atomic E-state index is 5.86. The van der Waals surface area contributed by atoms with E-state index >= 15 is 0 Å². The molecule has 7 nitrogen and oxygen atoms in total. The van der Waals surface area contributed by atoms with Crippen LogP contribution in [0.2, 0.25) is 0 Å². The van der Waals surface area contributed by atoms with E-state index < -0.39 is 0 Å². The van der Waals surface area contributed by atoms with E-state index in [1.165, 1.54) is 11.3 Å². The first-order valence-corrected chi connectivity index (χ1v) is 11.9. The lowest BCUT2D eigenvalue weighted by molar-refractivity contribution is 0.0350. The number of rotatable bonds is 6. The van der Waals surface area contributed by atoms with Crippen molar-refractivity contribution in [3.05, 3.63) is 77.5 Å². The number of ether oxygens (including phenoxy) is 1. The van der Waals surface area contributed by atoms with Gasteiger partial charge in [0.1, 0.15) is 5.82 Å². The van der Waals surface area contributed by atoms with Gasteiger partial charge in [-0.2, -0.15) is 0 Å². The number of morpholine rings is 1. The second-order valence-corrected chi connectivity index (χ2v) is 9.01. The molecule has 3 aromatic heterocycles. The maximum absolute atomic E-state index is 5.86. The predicted molar refractivity (Wildman–Crippen MR) is 132 cm³/mol. The third-order valence-electron chi connectivity index (χ3n) is 6.63. The molecule has 0 aromatic carbocycles. The number of hydrogen-bond acceptors (Lipinski definition) is 5. The second-order valence-electron chi connectivity index (χ2n) is 8.62. The van der Waals surface area contributed by atoms with Crippen molar-refractivity contribution in [2.75, 3.05) is 39.4 Å². The van der Waals surface area contributed by atoms with E-state index in [4.69, 9.17) is 17.0 Å². The molecule has 0 saturated carbocycles. The molecule has 2 aliphatic heterocycles. The van der Waals surface area contributed by atoms with Crippen molar-refractivity contribution >= 4 is 17.3 Å². The van der Waals surface area contributed by atoms with E-state index in [-0.39, 0.29) is 12.1 Å². The van der Waals surface area contributed by atoms with Gasteiger partial charge in [0.15, 0.2) is 5.11 Å². The minimum Gasteiger partial charge on any atom is -0.379 e. The van der Waals surface area contributed by atoms with Crippen LogP contribution < -0.4 is 5.32 Å². The van der Waals surface area contributed by atoms with Crippen LogP contribution in [0.5, 0.6) is 0 Å². The van der Waals surface area contributed by atoms with Crippen molar-refractivity contribution in [2.45, 2.75) is 25.9 Å². The molecule has 1 N–H and O–H groups in total. The molecule has 0 bridgehead atoms. The number of nitrogens with one attached hydrogen (secondary N) is 1. The van der Waals surface area contributed by atoms with Crippen LogP contribution >= 0.6 is 12.2 Å². The SMILES string of the molecule is Cc1cc(C2C(c3ccccn3)NC(=S)N2CCN2CCOCC2)c(C)n1-c1ccccn1. The normalized spacial score (nSPS) is 21.4. The van der Waals surface area contributed by atoms with Crippen molar-refractivity contribution < 1.29 is 4.74 Å². The van der Waals surface area contributed by atoms with Gasteiger partial charge in [-0.3, -0.25) is 9.88 Å². The van der Waals surface area contributed by atoms with Gasteiger partial charge in [0, 0.05) is 50.0 Å². The molecule has 2 unspecified atom stereocenters. The molecule has 172 valence electrons. The predicted octanol–water partition coefficient (Wildman–Crippen LogP) is 3.19. The molecule has 0 amide bonds. The van der Waals surface area contributed by atoms with Crippen LogP contribution in [0.1, 0.15) is 34.7 Å². The van der Waals surface area contributed by atoms with Gasteiger partial charge < -0.3 is 19.5 Å². The summed E-state index contributed by atoms with van der Waals surface area (Å²) in [6, 6.07) is 14.4. The summed E-state index contributed by atoms with van der Waals surface area (Å²) < 4.78 is 7.75. The highest BCUT2D eigenvalue weighted by Gasteiger charge is 2.41. The Labute approximate surface area is 200 Å². The van der Waals surface area contributed by atoms with Crippen LogP contribution in [0.15, 0.2) is 54.9 Å². The summed E-state index contributed by atoms with van der Waals surface area (Å²) in [6.45, 7) is 9.66. The van der Waals surface area contributed by atoms with Gasteiger partial charge in [-0.25, -0.2) is 4.98 Å². The molecule has 2 saturated heterocycles. The zero-order valence-electron chi connectivity index (χ0n) is 19.1. The van der Waals surface area contributed by atoms with Crippen molar-refractivity contribution in [3.8, 4) is 5.82 Å². The Morgan fingerprint density at radius 2 is 1.79 bits per heavy atom. The summed E-state index contributed by atoms with van der Waals surface area (Å²) in [7, 11) is 0. The molecule has 2 atom stereocenters. The van der Waals surface area contributed by atoms with Crippen molar-refractivity contribution in [3.63, 3.8) is 0 Å². The van der Waals surface area contributed by atoms with Gasteiger partial charge in [-0.1, -0.05) is 12.1 Å². The van der Waals surface area contributed by atoms with E-state index in [0.717, 1.165) is 61.7 Å². The van der Waals surface area contributed by atoms with Crippen molar-refractivity contribution in [2.24, 2.45) is 0 Å². The third kappa shape index (κ3) is 4.38. The highest BCUT2D eigenvalue weighted by atomic mass is 32.1. The molecule has 2 aliphatic rings. The number of nitrogens with zero attached hydrogens (tertiary/aromatic N) is 5. The van der Waals surface area contributed by atoms with Gasteiger partial charge in [0.25, 0.3) is 0 Å². The molecule has 33 heavy (non-hydrogen) atoms. The third-order valence-corrected chi connectivity index (χ3v) is 6.98. The fourth-order valence-corrected chi connectivity index (χ4v) is 5.32. The summed E-state index contributed by atoms with van der Waals surface area (Å²) in [5.41, 5.74) is 4.59. The number of hydrogen-bond donors (Lipinski definition) is 1. The fourth-order valence-electron chi connectivity index (χ4n) is 4.98. The molecule has 5 rings (SSSR count). The second kappa shape index (κ2) is 9.59. The summed E-state index contributed by atoms with van der Waals surface area (Å²) in [5.74, 6) is 0.932. The zero-order chi connectivity index (χ0) is 22.8. The fraction of sp³-hybridized carbons (Fsp3) is 0.400. The summed E-state index contributed by atoms with van der Waals surface area (Å²) in [5, 5.41) is 4.36. The van der Waals surface area contributed by atoms with Crippen LogP contribution in [-0.4, -0.2) is 68.8 Å². The Morgan fingerprint density at radius 1 is 1.03 bits per heavy atom. The zero-order valence-corrected chi connectivity index (χ0v) is 20.0. The summed E-state index contributed by atoms with van der Waals surface area (Å²) in [6.07, 6.45) is 3.69. The van der Waals surface area contributed by atoms with Gasteiger partial charge >= 0.3 is 0 Å². The van der Waals surface area contributed by atoms with Gasteiger partial charge in [0.2, 0.25) is 0 Å². The first-order chi connectivity index (χ1) is 16.1. The van der Waals surface area contributed by atoms with Gasteiger partial charge in [-0.05, 0) is 62.0 Å². The van der Waals surface area contributed by atoms with Crippen LogP contribution in [0.4, 0.5) is 0 Å². The van der Waals surface area contributed by atoms with E-state index in [0.29, 0.717) is 0 Å². The smallest absolute Gasteiger partial charge is 0.170 e. The van der Waals surface area contributed by atoms with Gasteiger partial charge in [-0.15, -0.1) is 0 Å². The quantitative estimate of drug-likeness (QED) is 0.565. The standard InChI is InChI=1S/C25H30N6OS/c1-18-17-20(19(2)31(18)22-8-4-6-10-27-22)24-23(21-7-3-5-9-26-21)28-25(33)30(24)12-11-29-13-15-32-16-14-29/h3-10,17,23-24H,11-16H2,1-2H3,(H,28,33). The Balaban J connectivity index is 1.52. The largest absolute Gasteiger partial charge is 0.379 e. The number of aryl methyl sites for hydroxylation is 1. The monoisotopic (exact) mass is 462 g/mol. The Kier molecular flexibility index (Phi) is 6.39. The molecular weight excluding hydrogens is 432 g/mol. The molecule has 5 heterocycles. The molecule has 2 fully saturated rings. The van der Waals surface area contributed by atoms with Gasteiger partial charge in [0.05, 0.1) is 31.0 Å². The lowest BCUT2D eigenvalue weighted by Crippen LogP contribution is -2.42. The first-order valence-electron chi connectivity index (χ1n) is 11.5. The molecule has 0 aliphatic carbocycles. The minimum atomic E-state index is -0.0129. The van der Waals surface area contributed by atoms with Crippen molar-refractivity contribution in [1.29, 1.82) is 0 Å². The Bertz CT molecular complexity index is 1100. The first kappa shape index (κ1) is 22.0. The molecule has 3 aromatic rings. The maximum Gasteiger partial charge on any atom is 0.170 e. The van der Waals surface area contributed by atoms with Crippen LogP contribution in [0.25, 0.3) is 5.82 Å². The topological polar surface area (TPSA) is 58.5 Å². The Morgan fingerprint density at radius 3 is 2.48 bits per heavy atom. The summed E-state index contributed by atoms with van der Waals surface area (Å²) >= 11 is 5.86. The van der Waals surface area contributed by atoms with Crippen LogP contribution in [-0.2, 0) is 4.74 Å². The lowest BCUT2D eigenvalue weighted by Gasteiger charge is -2.32. The molecule has 0 spiro atoms. The van der Waals surface area contributed by atoms with E-state index in [1.807, 2.05) is 42.7 Å². The van der Waals surface area contributed by atoms with E-state index in [9.17, 15) is 0 Å². The Hall–Kier alpha value is -2.81. The molecule has 8 heteroatoms. The number of aromatic nitrogens is 3. The van der Waals surface area contributed by atoms with E-state index in [1.54, 1.807) is 0 Å². The van der Waals surface area contributed by atoms with E-state index in [2.05, 4.69) is 55.6 Å². The van der Waals surface area contributed by atoms with Crippen LogP contribution in [0.3, 0.4) is 0 Å². The van der Waals surface area contributed by atoms with Crippen LogP contribution in [0, 0.1) is 13.8 Å². The lowest BCUT2D eigenvalue weighted by atomic mass is 9.97. The highest BCUT2D eigenvalue weighted by molar-refractivity contribution is 7.80. The molecular formula is C25H30N6OS. The van der Waals surface area contributed by atoms with Crippen molar-refractivity contribution in [1.82, 2.24) is 29.7 Å². The summed E-state index contributed by atoms with van der Waals surface area (Å²) in [4.78, 5) is 14.1.